The third-order valence-corrected chi connectivity index (χ3v) is 8.17. The van der Waals surface area contributed by atoms with E-state index in [1.807, 2.05) is 6.20 Å². The maximum atomic E-state index is 15.7. The van der Waals surface area contributed by atoms with Crippen LogP contribution < -0.4 is 10.6 Å². The summed E-state index contributed by atoms with van der Waals surface area (Å²) in [5, 5.41) is 13.8. The second kappa shape index (κ2) is 9.44. The minimum Gasteiger partial charge on any atom is -0.376 e. The monoisotopic (exact) mass is 493 g/mol. The summed E-state index contributed by atoms with van der Waals surface area (Å²) < 4.78 is 21.9. The lowest BCUT2D eigenvalue weighted by Gasteiger charge is -2.36. The van der Waals surface area contributed by atoms with Gasteiger partial charge in [0.25, 0.3) is 5.91 Å². The third-order valence-electron chi connectivity index (χ3n) is 8.17. The number of amides is 2. The molecule has 9 heteroatoms. The van der Waals surface area contributed by atoms with E-state index in [-0.39, 0.29) is 36.3 Å². The first-order chi connectivity index (χ1) is 17.5. The van der Waals surface area contributed by atoms with E-state index < -0.39 is 6.04 Å². The van der Waals surface area contributed by atoms with Gasteiger partial charge in [-0.2, -0.15) is 5.10 Å². The van der Waals surface area contributed by atoms with Gasteiger partial charge in [-0.15, -0.1) is 0 Å². The van der Waals surface area contributed by atoms with Crippen LogP contribution >= 0.6 is 0 Å². The predicted molar refractivity (Wildman–Crippen MR) is 131 cm³/mol. The van der Waals surface area contributed by atoms with E-state index in [9.17, 15) is 9.59 Å². The van der Waals surface area contributed by atoms with E-state index in [2.05, 4.69) is 27.4 Å². The van der Waals surface area contributed by atoms with Crippen LogP contribution in [-0.2, 0) is 35.3 Å². The van der Waals surface area contributed by atoms with Crippen molar-refractivity contribution in [2.24, 2.45) is 0 Å². The molecule has 1 aromatic heterocycles. The van der Waals surface area contributed by atoms with Gasteiger partial charge in [-0.25, -0.2) is 4.39 Å². The summed E-state index contributed by atoms with van der Waals surface area (Å²) in [7, 11) is 0. The number of nitrogens with one attached hydrogen (secondary N) is 3. The fraction of sp³-hybridized carbons (Fsp3) is 0.519. The van der Waals surface area contributed by atoms with Gasteiger partial charge >= 0.3 is 0 Å². The normalized spacial score (nSPS) is 28.1. The van der Waals surface area contributed by atoms with Crippen LogP contribution in [0.1, 0.15) is 64.8 Å². The second-order valence-corrected chi connectivity index (χ2v) is 10.5. The van der Waals surface area contributed by atoms with Crippen molar-refractivity contribution in [2.75, 3.05) is 6.61 Å². The zero-order chi connectivity index (χ0) is 24.8. The van der Waals surface area contributed by atoms with Gasteiger partial charge in [0.2, 0.25) is 5.91 Å². The lowest BCUT2D eigenvalue weighted by atomic mass is 9.90. The predicted octanol–water partition coefficient (Wildman–Crippen LogP) is 2.53. The van der Waals surface area contributed by atoms with Crippen molar-refractivity contribution in [3.8, 4) is 0 Å². The number of carbonyl (C=O) groups is 2. The number of hydrogen-bond acceptors (Lipinski definition) is 5. The zero-order valence-corrected chi connectivity index (χ0v) is 20.3. The molecule has 3 aliphatic heterocycles. The van der Waals surface area contributed by atoms with Gasteiger partial charge in [-0.3, -0.25) is 14.7 Å². The van der Waals surface area contributed by atoms with Crippen molar-refractivity contribution in [3.05, 3.63) is 64.4 Å². The molecule has 4 aliphatic rings. The van der Waals surface area contributed by atoms with Crippen LogP contribution in [0.25, 0.3) is 0 Å². The number of nitrogens with zero attached hydrogens (tertiary/aromatic N) is 2. The molecule has 2 saturated heterocycles. The molecular weight excluding hydrogens is 461 g/mol. The molecule has 1 unspecified atom stereocenters. The number of carbonyl (C=O) groups excluding carboxylic acids is 2. The number of fused-ring (bicyclic) bond motifs is 2. The van der Waals surface area contributed by atoms with Gasteiger partial charge in [0.05, 0.1) is 18.8 Å². The molecule has 2 aromatic rings. The number of aromatic nitrogens is 2. The summed E-state index contributed by atoms with van der Waals surface area (Å²) in [6.45, 7) is 4.58. The van der Waals surface area contributed by atoms with Crippen molar-refractivity contribution < 1.29 is 18.7 Å². The van der Waals surface area contributed by atoms with Gasteiger partial charge in [-0.1, -0.05) is 12.6 Å². The molecule has 4 heterocycles. The number of rotatable bonds is 5. The van der Waals surface area contributed by atoms with Crippen LogP contribution in [0.3, 0.4) is 0 Å². The number of aromatic amines is 1. The Morgan fingerprint density at radius 1 is 1.22 bits per heavy atom. The fourth-order valence-corrected chi connectivity index (χ4v) is 6.19. The average molecular weight is 494 g/mol. The van der Waals surface area contributed by atoms with Gasteiger partial charge in [0, 0.05) is 54.1 Å². The van der Waals surface area contributed by atoms with Crippen LogP contribution in [0.4, 0.5) is 4.39 Å². The highest BCUT2D eigenvalue weighted by molar-refractivity contribution is 6.01. The van der Waals surface area contributed by atoms with E-state index in [1.54, 1.807) is 12.1 Å². The molecule has 0 bridgehead atoms. The lowest BCUT2D eigenvalue weighted by molar-refractivity contribution is -0.126. The third kappa shape index (κ3) is 4.24. The molecule has 0 radical (unpaired) electrons. The minimum atomic E-state index is -0.598. The molecule has 4 atom stereocenters. The molecule has 1 aliphatic carbocycles. The highest BCUT2D eigenvalue weighted by atomic mass is 19.1. The summed E-state index contributed by atoms with van der Waals surface area (Å²) in [6.07, 6.45) is 8.24. The summed E-state index contributed by atoms with van der Waals surface area (Å²) in [6, 6.07) is 3.30. The number of hydrogen-bond donors (Lipinski definition) is 3. The maximum Gasteiger partial charge on any atom is 0.255 e. The maximum absolute atomic E-state index is 15.7. The first-order valence-corrected chi connectivity index (χ1v) is 13.0. The van der Waals surface area contributed by atoms with E-state index >= 15 is 4.39 Å². The molecule has 6 rings (SSSR count). The Hall–Kier alpha value is -3.04. The fourth-order valence-electron chi connectivity index (χ4n) is 6.19. The first-order valence-electron chi connectivity index (χ1n) is 13.0. The Kier molecular flexibility index (Phi) is 6.13. The molecule has 0 saturated carbocycles. The summed E-state index contributed by atoms with van der Waals surface area (Å²) in [5.74, 6) is -0.883. The molecule has 2 amide bonds. The molecule has 2 fully saturated rings. The van der Waals surface area contributed by atoms with Gasteiger partial charge in [-0.05, 0) is 55.7 Å². The van der Waals surface area contributed by atoms with Crippen molar-refractivity contribution in [1.29, 1.82) is 0 Å². The number of aryl methyl sites for hydroxylation is 1. The van der Waals surface area contributed by atoms with Gasteiger partial charge in [0.1, 0.15) is 11.9 Å². The number of halogens is 1. The molecule has 36 heavy (non-hydrogen) atoms. The zero-order valence-electron chi connectivity index (χ0n) is 20.3. The van der Waals surface area contributed by atoms with Crippen LogP contribution in [0.5, 0.6) is 0 Å². The molecule has 1 aromatic carbocycles. The SMILES string of the molecule is C=C1CCC(N2Cc3c(ccc(C[C@H]4OCCC[C@@H]4N[C@H]4CCc5cn[nH]c5C4)c3F)C2=O)C(=O)N1. The van der Waals surface area contributed by atoms with E-state index in [4.69, 9.17) is 4.74 Å². The molecule has 3 N–H and O–H groups in total. The second-order valence-electron chi connectivity index (χ2n) is 10.5. The van der Waals surface area contributed by atoms with Crippen LogP contribution in [0, 0.1) is 5.82 Å². The van der Waals surface area contributed by atoms with Crippen molar-refractivity contribution in [1.82, 2.24) is 25.7 Å². The molecule has 8 nitrogen and oxygen atoms in total. The Balaban J connectivity index is 1.16. The quantitative estimate of drug-likeness (QED) is 0.595. The largest absolute Gasteiger partial charge is 0.376 e. The number of piperidine rings is 1. The number of H-pyrrole nitrogens is 1. The van der Waals surface area contributed by atoms with Crippen molar-refractivity contribution in [3.63, 3.8) is 0 Å². The molecule has 0 spiro atoms. The highest BCUT2D eigenvalue weighted by Crippen LogP contribution is 2.32. The van der Waals surface area contributed by atoms with E-state index in [0.717, 1.165) is 32.1 Å². The van der Waals surface area contributed by atoms with E-state index in [1.165, 1.54) is 16.2 Å². The first kappa shape index (κ1) is 23.4. The van der Waals surface area contributed by atoms with Crippen molar-refractivity contribution >= 4 is 11.8 Å². The van der Waals surface area contributed by atoms with Crippen LogP contribution in [0.15, 0.2) is 30.6 Å². The van der Waals surface area contributed by atoms with Gasteiger partial charge in [0.15, 0.2) is 0 Å². The highest BCUT2D eigenvalue weighted by Gasteiger charge is 2.40. The van der Waals surface area contributed by atoms with E-state index in [0.29, 0.717) is 54.3 Å². The average Bonchev–Trinajstić information content (AvgIpc) is 3.46. The number of ether oxygens (including phenoxy) is 1. The number of allylic oxidation sites excluding steroid dienone is 1. The van der Waals surface area contributed by atoms with Crippen LogP contribution in [-0.4, -0.2) is 57.7 Å². The summed E-state index contributed by atoms with van der Waals surface area (Å²) in [5.41, 5.74) is 4.44. The Labute approximate surface area is 209 Å². The number of benzene rings is 1. The van der Waals surface area contributed by atoms with Crippen LogP contribution in [0.2, 0.25) is 0 Å². The van der Waals surface area contributed by atoms with Gasteiger partial charge < -0.3 is 20.3 Å². The molecule has 190 valence electrons. The Morgan fingerprint density at radius 3 is 2.97 bits per heavy atom. The molecular formula is C27H32FN5O3. The Bertz CT molecular complexity index is 1210. The minimum absolute atomic E-state index is 0.111. The van der Waals surface area contributed by atoms with Crippen molar-refractivity contribution in [2.45, 2.75) is 82.1 Å². The topological polar surface area (TPSA) is 99.3 Å². The Morgan fingerprint density at radius 2 is 2.11 bits per heavy atom. The summed E-state index contributed by atoms with van der Waals surface area (Å²) >= 11 is 0. The summed E-state index contributed by atoms with van der Waals surface area (Å²) in [4.78, 5) is 27.0. The lowest BCUT2D eigenvalue weighted by Crippen LogP contribution is -2.51. The standard InChI is InChI=1S/C27H32FN5O3/c1-15-4-9-23(26(34)30-15)33-14-20-19(27(33)35)8-6-16(25(20)28)11-24-21(3-2-10-36-24)31-18-7-5-17-13-29-32-22(17)12-18/h6,8,13,18,21,23-24,31H,1-5,7,9-12,14H2,(H,29,32)(H,30,34)/t18-,21-,23?,24+/m0/s1. The smallest absolute Gasteiger partial charge is 0.255 e.